The average Bonchev–Trinajstić information content (AvgIpc) is 3.22. The van der Waals surface area contributed by atoms with E-state index in [2.05, 4.69) is 75.9 Å². The summed E-state index contributed by atoms with van der Waals surface area (Å²) >= 11 is 6.90. The first-order valence-corrected chi connectivity index (χ1v) is 11.9. The van der Waals surface area contributed by atoms with E-state index in [0.717, 1.165) is 63.6 Å². The van der Waals surface area contributed by atoms with E-state index >= 15 is 0 Å². The minimum Gasteiger partial charge on any atom is -0.362 e. The zero-order valence-electron chi connectivity index (χ0n) is 17.4. The number of fused-ring (bicyclic) bond motifs is 1. The molecule has 5 nitrogen and oxygen atoms in total. The molecule has 1 fully saturated rings. The molecule has 30 heavy (non-hydrogen) atoms. The number of piperazine rings is 1. The third-order valence-corrected chi connectivity index (χ3v) is 6.56. The first-order chi connectivity index (χ1) is 14.7. The molecule has 0 spiro atoms. The quantitative estimate of drug-likeness (QED) is 0.534. The van der Waals surface area contributed by atoms with Crippen molar-refractivity contribution in [1.82, 2.24) is 14.6 Å². The third kappa shape index (κ3) is 5.28. The van der Waals surface area contributed by atoms with Crippen LogP contribution in [0.1, 0.15) is 18.9 Å². The zero-order valence-corrected chi connectivity index (χ0v) is 19.1. The summed E-state index contributed by atoms with van der Waals surface area (Å²) in [6.45, 7) is 8.37. The lowest BCUT2D eigenvalue weighted by Gasteiger charge is -2.35. The predicted octanol–water partition coefficient (Wildman–Crippen LogP) is 4.36. The van der Waals surface area contributed by atoms with Gasteiger partial charge in [-0.05, 0) is 66.4 Å². The number of hydrogen-bond donors (Lipinski definition) is 2. The third-order valence-electron chi connectivity index (χ3n) is 5.49. The molecule has 4 rings (SSSR count). The maximum atomic E-state index is 5.30. The van der Waals surface area contributed by atoms with Crippen molar-refractivity contribution in [2.75, 3.05) is 49.5 Å². The molecule has 1 aliphatic rings. The Kier molecular flexibility index (Phi) is 7.15. The monoisotopic (exact) mass is 439 g/mol. The Hall–Kier alpha value is -2.22. The first kappa shape index (κ1) is 21.0. The normalized spacial score (nSPS) is 14.8. The fourth-order valence-corrected chi connectivity index (χ4v) is 4.76. The van der Waals surface area contributed by atoms with Crippen LogP contribution < -0.4 is 15.5 Å². The lowest BCUT2D eigenvalue weighted by molar-refractivity contribution is 0.261. The molecular formula is C23H29N5S2. The molecule has 2 aromatic carbocycles. The second-order valence-corrected chi connectivity index (χ2v) is 8.87. The van der Waals surface area contributed by atoms with Gasteiger partial charge in [-0.25, -0.2) is 0 Å². The van der Waals surface area contributed by atoms with E-state index in [1.165, 1.54) is 15.6 Å². The van der Waals surface area contributed by atoms with E-state index in [0.29, 0.717) is 5.11 Å². The number of hydrogen-bond acceptors (Lipinski definition) is 5. The minimum atomic E-state index is 0.690. The van der Waals surface area contributed by atoms with E-state index in [4.69, 9.17) is 16.6 Å². The molecule has 0 atom stereocenters. The second kappa shape index (κ2) is 10.2. The Labute approximate surface area is 188 Å². The molecule has 0 saturated carbocycles. The molecule has 0 unspecified atom stereocenters. The lowest BCUT2D eigenvalue weighted by atomic mass is 10.1. The number of nitrogens with zero attached hydrogens (tertiary/aromatic N) is 3. The highest BCUT2D eigenvalue weighted by molar-refractivity contribution is 7.80. The van der Waals surface area contributed by atoms with Crippen LogP contribution in [0.2, 0.25) is 0 Å². The van der Waals surface area contributed by atoms with Crippen LogP contribution in [0, 0.1) is 0 Å². The van der Waals surface area contributed by atoms with Gasteiger partial charge < -0.3 is 15.5 Å². The molecule has 7 heteroatoms. The number of nitrogens with one attached hydrogen (secondary N) is 2. The van der Waals surface area contributed by atoms with E-state index < -0.39 is 0 Å². The summed E-state index contributed by atoms with van der Waals surface area (Å²) in [6, 6.07) is 17.1. The largest absolute Gasteiger partial charge is 0.362 e. The Balaban J connectivity index is 1.23. The second-order valence-electron chi connectivity index (χ2n) is 7.66. The molecule has 2 N–H and O–H groups in total. The molecule has 0 bridgehead atoms. The van der Waals surface area contributed by atoms with Crippen LogP contribution in [-0.2, 0) is 6.42 Å². The molecule has 0 aliphatic carbocycles. The van der Waals surface area contributed by atoms with Gasteiger partial charge in [0, 0.05) is 50.3 Å². The van der Waals surface area contributed by atoms with E-state index in [1.807, 2.05) is 0 Å². The number of benzene rings is 2. The minimum absolute atomic E-state index is 0.690. The molecule has 1 aliphatic heterocycles. The Morgan fingerprint density at radius 3 is 2.60 bits per heavy atom. The van der Waals surface area contributed by atoms with Crippen molar-refractivity contribution in [3.05, 3.63) is 54.1 Å². The van der Waals surface area contributed by atoms with Crippen molar-refractivity contribution in [2.24, 2.45) is 0 Å². The topological polar surface area (TPSA) is 43.4 Å². The van der Waals surface area contributed by atoms with Crippen molar-refractivity contribution >= 4 is 50.5 Å². The van der Waals surface area contributed by atoms with Crippen LogP contribution in [0.15, 0.2) is 48.5 Å². The Morgan fingerprint density at radius 2 is 1.83 bits per heavy atom. The highest BCUT2D eigenvalue weighted by atomic mass is 32.1. The maximum Gasteiger partial charge on any atom is 0.170 e. The Bertz CT molecular complexity index is 961. The summed E-state index contributed by atoms with van der Waals surface area (Å²) in [6.07, 6.45) is 2.13. The van der Waals surface area contributed by atoms with Crippen LogP contribution in [0.3, 0.4) is 0 Å². The summed E-state index contributed by atoms with van der Waals surface area (Å²) in [5, 5.41) is 8.41. The van der Waals surface area contributed by atoms with Gasteiger partial charge in [0.2, 0.25) is 0 Å². The summed E-state index contributed by atoms with van der Waals surface area (Å²) < 4.78 is 5.99. The molecule has 2 heterocycles. The fraction of sp³-hybridized carbons (Fsp3) is 0.391. The summed E-state index contributed by atoms with van der Waals surface area (Å²) in [4.78, 5) is 4.99. The van der Waals surface area contributed by atoms with Gasteiger partial charge in [-0.2, -0.15) is 4.37 Å². The first-order valence-electron chi connectivity index (χ1n) is 10.7. The average molecular weight is 440 g/mol. The van der Waals surface area contributed by atoms with Gasteiger partial charge >= 0.3 is 0 Å². The van der Waals surface area contributed by atoms with Gasteiger partial charge in [0.15, 0.2) is 5.11 Å². The van der Waals surface area contributed by atoms with Crippen molar-refractivity contribution in [3.63, 3.8) is 0 Å². The number of rotatable bonds is 7. The summed E-state index contributed by atoms with van der Waals surface area (Å²) in [5.41, 5.74) is 2.40. The molecular weight excluding hydrogens is 410 g/mol. The SMILES string of the molecule is CCCNC(=S)Nc1ccc(CCN2CCN(c3nsc4ccccc34)CC2)cc1. The fourth-order valence-electron chi connectivity index (χ4n) is 3.74. The molecule has 3 aromatic rings. The van der Waals surface area contributed by atoms with Crippen LogP contribution in [0.5, 0.6) is 0 Å². The highest BCUT2D eigenvalue weighted by Crippen LogP contribution is 2.29. The maximum absolute atomic E-state index is 5.30. The lowest BCUT2D eigenvalue weighted by Crippen LogP contribution is -2.47. The van der Waals surface area contributed by atoms with Crippen LogP contribution in [-0.4, -0.2) is 53.7 Å². The Morgan fingerprint density at radius 1 is 1.07 bits per heavy atom. The highest BCUT2D eigenvalue weighted by Gasteiger charge is 2.20. The van der Waals surface area contributed by atoms with Gasteiger partial charge in [0.1, 0.15) is 5.82 Å². The van der Waals surface area contributed by atoms with Crippen LogP contribution >= 0.6 is 23.8 Å². The van der Waals surface area contributed by atoms with Crippen molar-refractivity contribution in [2.45, 2.75) is 19.8 Å². The van der Waals surface area contributed by atoms with Gasteiger partial charge in [-0.1, -0.05) is 31.2 Å². The molecule has 0 amide bonds. The van der Waals surface area contributed by atoms with Crippen molar-refractivity contribution in [1.29, 1.82) is 0 Å². The van der Waals surface area contributed by atoms with E-state index in [1.54, 1.807) is 11.5 Å². The van der Waals surface area contributed by atoms with Crippen LogP contribution in [0.25, 0.3) is 10.1 Å². The molecule has 158 valence electrons. The standard InChI is InChI=1S/C23H29N5S2/c1-2-12-24-23(29)25-19-9-7-18(8-10-19)11-13-27-14-16-28(17-15-27)22-20-5-3-4-6-21(20)30-26-22/h3-10H,2,11-17H2,1H3,(H2,24,25,29). The number of thiocarbonyl (C=S) groups is 1. The predicted molar refractivity (Wildman–Crippen MR) is 133 cm³/mol. The smallest absolute Gasteiger partial charge is 0.170 e. The van der Waals surface area contributed by atoms with Gasteiger partial charge in [-0.15, -0.1) is 0 Å². The van der Waals surface area contributed by atoms with Gasteiger partial charge in [0.05, 0.1) is 4.70 Å². The summed E-state index contributed by atoms with van der Waals surface area (Å²) in [5.74, 6) is 1.16. The van der Waals surface area contributed by atoms with Crippen LogP contribution in [0.4, 0.5) is 11.5 Å². The van der Waals surface area contributed by atoms with Gasteiger partial charge in [-0.3, -0.25) is 4.90 Å². The molecule has 1 saturated heterocycles. The number of anilines is 2. The summed E-state index contributed by atoms with van der Waals surface area (Å²) in [7, 11) is 0. The van der Waals surface area contributed by atoms with E-state index in [9.17, 15) is 0 Å². The molecule has 1 aromatic heterocycles. The van der Waals surface area contributed by atoms with Crippen molar-refractivity contribution < 1.29 is 0 Å². The van der Waals surface area contributed by atoms with E-state index in [-0.39, 0.29) is 0 Å². The zero-order chi connectivity index (χ0) is 20.8. The van der Waals surface area contributed by atoms with Gasteiger partial charge in [0.25, 0.3) is 0 Å². The number of aromatic nitrogens is 1. The van der Waals surface area contributed by atoms with Crippen molar-refractivity contribution in [3.8, 4) is 0 Å². The molecule has 0 radical (unpaired) electrons.